The van der Waals surface area contributed by atoms with Crippen molar-refractivity contribution >= 4 is 12.6 Å². The van der Waals surface area contributed by atoms with Crippen molar-refractivity contribution in [1.29, 1.82) is 0 Å². The minimum absolute atomic E-state index is 0.694. The van der Waals surface area contributed by atoms with E-state index in [9.17, 15) is 0 Å². The average molecular weight is 116 g/mol. The molecular formula is C2H4N4S. The molecule has 0 atom stereocenters. The lowest BCUT2D eigenvalue weighted by Gasteiger charge is -1.99. The van der Waals surface area contributed by atoms with Crippen molar-refractivity contribution < 1.29 is 0 Å². The first-order valence-electron chi connectivity index (χ1n) is 1.77. The summed E-state index contributed by atoms with van der Waals surface area (Å²) in [7, 11) is 0. The van der Waals surface area contributed by atoms with Crippen LogP contribution in [0.15, 0.2) is 20.7 Å². The lowest BCUT2D eigenvalue weighted by Crippen LogP contribution is -2.02. The van der Waals surface area contributed by atoms with Crippen molar-refractivity contribution in [2.75, 3.05) is 0 Å². The van der Waals surface area contributed by atoms with E-state index in [4.69, 9.17) is 0 Å². The van der Waals surface area contributed by atoms with Gasteiger partial charge in [0.2, 0.25) is 4.99 Å². The van der Waals surface area contributed by atoms with Crippen molar-refractivity contribution in [3.05, 3.63) is 0 Å². The molecule has 0 saturated heterocycles. The molecule has 1 heterocycles. The van der Waals surface area contributed by atoms with Crippen LogP contribution in [0.5, 0.6) is 0 Å². The van der Waals surface area contributed by atoms with Gasteiger partial charge in [0.1, 0.15) is 0 Å². The highest BCUT2D eigenvalue weighted by Crippen LogP contribution is 2.22. The van der Waals surface area contributed by atoms with Crippen LogP contribution in [0.3, 0.4) is 0 Å². The molecule has 1 aliphatic rings. The van der Waals surface area contributed by atoms with Crippen molar-refractivity contribution in [1.82, 2.24) is 0 Å². The largest absolute Gasteiger partial charge is 0.235 e. The van der Waals surface area contributed by atoms with E-state index in [-0.39, 0.29) is 0 Å². The van der Waals surface area contributed by atoms with E-state index in [1.807, 2.05) is 0 Å². The molecule has 0 bridgehead atoms. The predicted octanol–water partition coefficient (Wildman–Crippen LogP) is 1.42. The molecule has 1 aliphatic heterocycles. The Balaban J connectivity index is 2.77. The Labute approximate surface area is 46.1 Å². The van der Waals surface area contributed by atoms with Crippen LogP contribution in [0.25, 0.3) is 0 Å². The zero-order valence-corrected chi connectivity index (χ0v) is 4.63. The molecule has 0 N–H and O–H groups in total. The van der Waals surface area contributed by atoms with E-state index in [0.717, 1.165) is 0 Å². The van der Waals surface area contributed by atoms with E-state index in [2.05, 4.69) is 33.3 Å². The van der Waals surface area contributed by atoms with Crippen LogP contribution < -0.4 is 0 Å². The highest BCUT2D eigenvalue weighted by molar-refractivity contribution is 7.81. The number of nitrogens with zero attached hydrogens (tertiary/aromatic N) is 4. The first kappa shape index (κ1) is 4.70. The van der Waals surface area contributed by atoms with Crippen LogP contribution in [0, 0.1) is 0 Å². The SMILES string of the molecule is CC1(S)N=NN=N1. The lowest BCUT2D eigenvalue weighted by atomic mass is 10.6. The van der Waals surface area contributed by atoms with Gasteiger partial charge in [-0.2, -0.15) is 0 Å². The van der Waals surface area contributed by atoms with E-state index in [1.165, 1.54) is 0 Å². The Hall–Kier alpha value is -0.450. The molecule has 0 radical (unpaired) electrons. The van der Waals surface area contributed by atoms with Crippen LogP contribution in [-0.4, -0.2) is 4.99 Å². The quantitative estimate of drug-likeness (QED) is 0.465. The van der Waals surface area contributed by atoms with E-state index < -0.39 is 4.99 Å². The van der Waals surface area contributed by atoms with Crippen LogP contribution in [-0.2, 0) is 0 Å². The fraction of sp³-hybridized carbons (Fsp3) is 1.00. The molecule has 0 amide bonds. The standard InChI is InChI=1S/C2H4N4S/c1-2(7)3-5-6-4-2/h7H,1H3. The third kappa shape index (κ3) is 0.957. The van der Waals surface area contributed by atoms with Crippen molar-refractivity contribution in [2.45, 2.75) is 11.9 Å². The summed E-state index contributed by atoms with van der Waals surface area (Å²) in [5, 5.41) is 13.5. The second-order valence-corrected chi connectivity index (χ2v) is 2.20. The van der Waals surface area contributed by atoms with Crippen LogP contribution >= 0.6 is 12.6 Å². The van der Waals surface area contributed by atoms with Crippen LogP contribution in [0.2, 0.25) is 0 Å². The molecule has 38 valence electrons. The molecular weight excluding hydrogens is 112 g/mol. The third-order valence-corrected chi connectivity index (χ3v) is 0.687. The van der Waals surface area contributed by atoms with E-state index in [0.29, 0.717) is 0 Å². The van der Waals surface area contributed by atoms with Gasteiger partial charge in [0, 0.05) is 0 Å². The summed E-state index contributed by atoms with van der Waals surface area (Å²) >= 11 is 3.93. The highest BCUT2D eigenvalue weighted by atomic mass is 32.1. The second kappa shape index (κ2) is 1.26. The maximum Gasteiger partial charge on any atom is 0.235 e. The summed E-state index contributed by atoms with van der Waals surface area (Å²) in [6, 6.07) is 0. The predicted molar refractivity (Wildman–Crippen MR) is 27.1 cm³/mol. The van der Waals surface area contributed by atoms with Gasteiger partial charge in [0.05, 0.1) is 0 Å². The first-order chi connectivity index (χ1) is 3.21. The minimum Gasteiger partial charge on any atom is -0.124 e. The van der Waals surface area contributed by atoms with Crippen molar-refractivity contribution in [3.8, 4) is 0 Å². The van der Waals surface area contributed by atoms with Gasteiger partial charge in [0.15, 0.2) is 0 Å². The highest BCUT2D eigenvalue weighted by Gasteiger charge is 2.19. The van der Waals surface area contributed by atoms with Gasteiger partial charge in [-0.1, -0.05) is 0 Å². The maximum atomic E-state index is 3.93. The molecule has 5 heteroatoms. The summed E-state index contributed by atoms with van der Waals surface area (Å²) in [5.74, 6) is 0. The monoisotopic (exact) mass is 116 g/mol. The van der Waals surface area contributed by atoms with Gasteiger partial charge >= 0.3 is 0 Å². The van der Waals surface area contributed by atoms with Gasteiger partial charge in [-0.3, -0.25) is 0 Å². The molecule has 0 fully saturated rings. The van der Waals surface area contributed by atoms with Crippen molar-refractivity contribution in [2.24, 2.45) is 20.7 Å². The maximum absolute atomic E-state index is 3.93. The second-order valence-electron chi connectivity index (χ2n) is 1.35. The Morgan fingerprint density at radius 1 is 1.29 bits per heavy atom. The van der Waals surface area contributed by atoms with E-state index in [1.54, 1.807) is 6.92 Å². The Bertz CT molecular complexity index is 112. The van der Waals surface area contributed by atoms with Gasteiger partial charge in [-0.25, -0.2) is 0 Å². The molecule has 0 saturated carbocycles. The van der Waals surface area contributed by atoms with Crippen LogP contribution in [0.4, 0.5) is 0 Å². The molecule has 0 aromatic carbocycles. The summed E-state index contributed by atoms with van der Waals surface area (Å²) in [5.41, 5.74) is 0. The number of hydrogen-bond donors (Lipinski definition) is 1. The summed E-state index contributed by atoms with van der Waals surface area (Å²) in [6.45, 7) is 1.70. The van der Waals surface area contributed by atoms with Crippen molar-refractivity contribution in [3.63, 3.8) is 0 Å². The molecule has 4 nitrogen and oxygen atoms in total. The van der Waals surface area contributed by atoms with Gasteiger partial charge in [-0.15, -0.1) is 22.9 Å². The number of hydrogen-bond acceptors (Lipinski definition) is 5. The smallest absolute Gasteiger partial charge is 0.124 e. The van der Waals surface area contributed by atoms with E-state index >= 15 is 0 Å². The Morgan fingerprint density at radius 3 is 1.86 bits per heavy atom. The molecule has 0 aromatic heterocycles. The van der Waals surface area contributed by atoms with Gasteiger partial charge < -0.3 is 0 Å². The molecule has 1 rings (SSSR count). The average Bonchev–Trinajstić information content (AvgIpc) is 1.84. The normalized spacial score (nSPS) is 23.7. The summed E-state index contributed by atoms with van der Waals surface area (Å²) in [6.07, 6.45) is 0. The fourth-order valence-corrected chi connectivity index (χ4v) is 0.309. The number of thiol groups is 1. The zero-order chi connectivity index (χ0) is 5.33. The third-order valence-electron chi connectivity index (χ3n) is 0.508. The summed E-state index contributed by atoms with van der Waals surface area (Å²) in [4.78, 5) is -0.694. The first-order valence-corrected chi connectivity index (χ1v) is 2.22. The molecule has 0 spiro atoms. The summed E-state index contributed by atoms with van der Waals surface area (Å²) < 4.78 is 0. The molecule has 0 unspecified atom stereocenters. The zero-order valence-electron chi connectivity index (χ0n) is 3.74. The minimum atomic E-state index is -0.694. The fourth-order valence-electron chi connectivity index (χ4n) is 0.229. The van der Waals surface area contributed by atoms with Gasteiger partial charge in [0.25, 0.3) is 0 Å². The van der Waals surface area contributed by atoms with Crippen LogP contribution in [0.1, 0.15) is 6.92 Å². The Morgan fingerprint density at radius 2 is 1.71 bits per heavy atom. The lowest BCUT2D eigenvalue weighted by molar-refractivity contribution is 0.717. The number of rotatable bonds is 0. The molecule has 0 aromatic rings. The molecule has 7 heavy (non-hydrogen) atoms. The van der Waals surface area contributed by atoms with Gasteiger partial charge in [-0.05, 0) is 17.4 Å². The molecule has 0 aliphatic carbocycles. The topological polar surface area (TPSA) is 49.4 Å². The Kier molecular flexibility index (Phi) is 0.846.